The number of nitrogens with one attached hydrogen (secondary N) is 1. The first kappa shape index (κ1) is 19.6. The number of sulfonamides is 1. The largest absolute Gasteiger partial charge is 0.495 e. The molecule has 0 bridgehead atoms. The van der Waals surface area contributed by atoms with Crippen LogP contribution in [0.15, 0.2) is 23.1 Å². The predicted octanol–water partition coefficient (Wildman–Crippen LogP) is 0.830. The molecule has 0 spiro atoms. The highest BCUT2D eigenvalue weighted by Crippen LogP contribution is 2.32. The third-order valence-electron chi connectivity index (χ3n) is 5.06. The van der Waals surface area contributed by atoms with E-state index in [2.05, 4.69) is 5.32 Å². The summed E-state index contributed by atoms with van der Waals surface area (Å²) in [7, 11) is -2.39. The van der Waals surface area contributed by atoms with E-state index in [4.69, 9.17) is 4.74 Å². The van der Waals surface area contributed by atoms with Crippen LogP contribution in [0.3, 0.4) is 0 Å². The molecule has 2 heterocycles. The molecule has 2 saturated heterocycles. The molecular formula is C18H25N3O5S. The van der Waals surface area contributed by atoms with Crippen LogP contribution in [0.2, 0.25) is 0 Å². The average Bonchev–Trinajstić information content (AvgIpc) is 2.67. The van der Waals surface area contributed by atoms with E-state index in [1.54, 1.807) is 0 Å². The van der Waals surface area contributed by atoms with Crippen molar-refractivity contribution >= 4 is 21.8 Å². The van der Waals surface area contributed by atoms with Crippen molar-refractivity contribution in [3.63, 3.8) is 0 Å². The molecule has 27 heavy (non-hydrogen) atoms. The van der Waals surface area contributed by atoms with Crippen molar-refractivity contribution in [1.82, 2.24) is 14.5 Å². The average molecular weight is 395 g/mol. The van der Waals surface area contributed by atoms with Gasteiger partial charge >= 0.3 is 0 Å². The van der Waals surface area contributed by atoms with Gasteiger partial charge in [-0.3, -0.25) is 9.59 Å². The summed E-state index contributed by atoms with van der Waals surface area (Å²) >= 11 is 0. The molecule has 1 N–H and O–H groups in total. The normalized spacial score (nSPS) is 21.6. The van der Waals surface area contributed by atoms with Gasteiger partial charge in [-0.1, -0.05) is 6.42 Å². The minimum absolute atomic E-state index is 0.00828. The highest BCUT2D eigenvalue weighted by molar-refractivity contribution is 7.89. The first-order chi connectivity index (χ1) is 12.8. The Morgan fingerprint density at radius 2 is 2.04 bits per heavy atom. The lowest BCUT2D eigenvalue weighted by molar-refractivity contribution is -0.123. The lowest BCUT2D eigenvalue weighted by Gasteiger charge is -2.32. The zero-order valence-corrected chi connectivity index (χ0v) is 16.4. The van der Waals surface area contributed by atoms with Crippen molar-refractivity contribution in [3.8, 4) is 5.75 Å². The molecule has 0 aromatic heterocycles. The molecule has 9 heteroatoms. The van der Waals surface area contributed by atoms with E-state index < -0.39 is 10.0 Å². The molecule has 0 saturated carbocycles. The quantitative estimate of drug-likeness (QED) is 0.815. The molecule has 2 aliphatic rings. The van der Waals surface area contributed by atoms with Crippen LogP contribution in [0, 0.1) is 0 Å². The number of rotatable bonds is 4. The minimum atomic E-state index is -3.79. The summed E-state index contributed by atoms with van der Waals surface area (Å²) in [6.45, 7) is 3.09. The van der Waals surface area contributed by atoms with Crippen molar-refractivity contribution in [1.29, 1.82) is 0 Å². The Morgan fingerprint density at radius 3 is 2.70 bits per heavy atom. The first-order valence-corrected chi connectivity index (χ1v) is 10.5. The Balaban J connectivity index is 1.96. The SMILES string of the molecule is COc1ccc(C(=O)N2CCNC(=O)C2)cc1S(=O)(=O)N1CCCC[C@H]1C. The Labute approximate surface area is 159 Å². The molecule has 0 radical (unpaired) electrons. The summed E-state index contributed by atoms with van der Waals surface area (Å²) in [6, 6.07) is 4.30. The third kappa shape index (κ3) is 3.93. The van der Waals surface area contributed by atoms with E-state index in [9.17, 15) is 18.0 Å². The molecule has 3 rings (SSSR count). The van der Waals surface area contributed by atoms with Gasteiger partial charge in [0.2, 0.25) is 15.9 Å². The van der Waals surface area contributed by atoms with Crippen molar-refractivity contribution in [2.45, 2.75) is 37.1 Å². The third-order valence-corrected chi connectivity index (χ3v) is 7.10. The number of carbonyl (C=O) groups is 2. The van der Waals surface area contributed by atoms with Crippen molar-refractivity contribution in [3.05, 3.63) is 23.8 Å². The van der Waals surface area contributed by atoms with Crippen LogP contribution in [-0.4, -0.2) is 68.8 Å². The van der Waals surface area contributed by atoms with E-state index in [1.807, 2.05) is 6.92 Å². The first-order valence-electron chi connectivity index (χ1n) is 9.10. The number of hydrogen-bond donors (Lipinski definition) is 1. The molecule has 1 aromatic rings. The number of amides is 2. The standard InChI is InChI=1S/C18H25N3O5S/c1-13-5-3-4-9-21(13)27(24,25)16-11-14(6-7-15(16)26-2)18(23)20-10-8-19-17(22)12-20/h6-7,11,13H,3-5,8-10,12H2,1-2H3,(H,19,22)/t13-/m1/s1. The number of ether oxygens (including phenoxy) is 1. The summed E-state index contributed by atoms with van der Waals surface area (Å²) < 4.78 is 33.2. The summed E-state index contributed by atoms with van der Waals surface area (Å²) in [6.07, 6.45) is 2.62. The summed E-state index contributed by atoms with van der Waals surface area (Å²) in [5.74, 6) is -0.380. The second kappa shape index (κ2) is 7.85. The van der Waals surface area contributed by atoms with Gasteiger partial charge in [-0.2, -0.15) is 4.31 Å². The zero-order valence-electron chi connectivity index (χ0n) is 15.6. The van der Waals surface area contributed by atoms with E-state index in [0.29, 0.717) is 19.6 Å². The van der Waals surface area contributed by atoms with E-state index in [0.717, 1.165) is 19.3 Å². The fourth-order valence-electron chi connectivity index (χ4n) is 3.56. The number of piperidine rings is 1. The van der Waals surface area contributed by atoms with Gasteiger partial charge in [-0.15, -0.1) is 0 Å². The zero-order chi connectivity index (χ0) is 19.6. The molecule has 2 amide bonds. The molecule has 2 aliphatic heterocycles. The lowest BCUT2D eigenvalue weighted by Crippen LogP contribution is -2.50. The van der Waals surface area contributed by atoms with E-state index >= 15 is 0 Å². The minimum Gasteiger partial charge on any atom is -0.495 e. The molecule has 8 nitrogen and oxygen atoms in total. The maximum atomic E-state index is 13.2. The van der Waals surface area contributed by atoms with Crippen LogP contribution in [0.5, 0.6) is 5.75 Å². The fourth-order valence-corrected chi connectivity index (χ4v) is 5.44. The molecule has 0 unspecified atom stereocenters. The molecular weight excluding hydrogens is 370 g/mol. The van der Waals surface area contributed by atoms with Gasteiger partial charge in [0.15, 0.2) is 0 Å². The molecule has 1 atom stereocenters. The summed E-state index contributed by atoms with van der Waals surface area (Å²) in [5, 5.41) is 2.66. The second-order valence-corrected chi connectivity index (χ2v) is 8.76. The van der Waals surface area contributed by atoms with Crippen LogP contribution in [0.4, 0.5) is 0 Å². The van der Waals surface area contributed by atoms with E-state index in [1.165, 1.54) is 34.5 Å². The van der Waals surface area contributed by atoms with Gasteiger partial charge in [0, 0.05) is 31.2 Å². The van der Waals surface area contributed by atoms with Gasteiger partial charge in [0.25, 0.3) is 5.91 Å². The second-order valence-electron chi connectivity index (χ2n) is 6.90. The summed E-state index contributed by atoms with van der Waals surface area (Å²) in [4.78, 5) is 25.7. The molecule has 1 aromatic carbocycles. The predicted molar refractivity (Wildman–Crippen MR) is 99.1 cm³/mol. The van der Waals surface area contributed by atoms with Gasteiger partial charge in [-0.25, -0.2) is 8.42 Å². The number of piperazine rings is 1. The number of hydrogen-bond acceptors (Lipinski definition) is 5. The smallest absolute Gasteiger partial charge is 0.254 e. The molecule has 2 fully saturated rings. The maximum Gasteiger partial charge on any atom is 0.254 e. The molecule has 148 valence electrons. The number of carbonyl (C=O) groups excluding carboxylic acids is 2. The monoisotopic (exact) mass is 395 g/mol. The van der Waals surface area contributed by atoms with Gasteiger partial charge in [0.05, 0.1) is 13.7 Å². The highest BCUT2D eigenvalue weighted by Gasteiger charge is 2.34. The maximum absolute atomic E-state index is 13.2. The Kier molecular flexibility index (Phi) is 5.71. The lowest BCUT2D eigenvalue weighted by atomic mass is 10.1. The van der Waals surface area contributed by atoms with Crippen molar-refractivity contribution < 1.29 is 22.7 Å². The number of methoxy groups -OCH3 is 1. The van der Waals surface area contributed by atoms with Crippen molar-refractivity contribution in [2.24, 2.45) is 0 Å². The van der Waals surface area contributed by atoms with Gasteiger partial charge in [0.1, 0.15) is 10.6 Å². The number of benzene rings is 1. The topological polar surface area (TPSA) is 96.0 Å². The summed E-state index contributed by atoms with van der Waals surface area (Å²) in [5.41, 5.74) is 0.230. The highest BCUT2D eigenvalue weighted by atomic mass is 32.2. The Bertz CT molecular complexity index is 839. The van der Waals surface area contributed by atoms with E-state index in [-0.39, 0.29) is 40.6 Å². The Morgan fingerprint density at radius 1 is 1.26 bits per heavy atom. The number of nitrogens with zero attached hydrogens (tertiary/aromatic N) is 2. The van der Waals surface area contributed by atoms with Crippen LogP contribution in [0.1, 0.15) is 36.5 Å². The van der Waals surface area contributed by atoms with Crippen LogP contribution < -0.4 is 10.1 Å². The van der Waals surface area contributed by atoms with Crippen LogP contribution in [-0.2, 0) is 14.8 Å². The van der Waals surface area contributed by atoms with Gasteiger partial charge in [-0.05, 0) is 38.0 Å². The van der Waals surface area contributed by atoms with Gasteiger partial charge < -0.3 is 15.0 Å². The fraction of sp³-hybridized carbons (Fsp3) is 0.556. The Hall–Kier alpha value is -2.13. The van der Waals surface area contributed by atoms with Crippen molar-refractivity contribution in [2.75, 3.05) is 33.3 Å². The van der Waals surface area contributed by atoms with Crippen LogP contribution in [0.25, 0.3) is 0 Å². The van der Waals surface area contributed by atoms with Crippen LogP contribution >= 0.6 is 0 Å². The molecule has 0 aliphatic carbocycles.